The van der Waals surface area contributed by atoms with Gasteiger partial charge in [-0.15, -0.1) is 0 Å². The van der Waals surface area contributed by atoms with Crippen molar-refractivity contribution in [1.29, 1.82) is 0 Å². The van der Waals surface area contributed by atoms with E-state index in [2.05, 4.69) is 5.32 Å². The fraction of sp³-hybridized carbons (Fsp3) is 0.333. The van der Waals surface area contributed by atoms with E-state index in [9.17, 15) is 19.7 Å². The van der Waals surface area contributed by atoms with Gasteiger partial charge < -0.3 is 19.7 Å². The van der Waals surface area contributed by atoms with Crippen molar-refractivity contribution in [1.82, 2.24) is 10.2 Å². The molecule has 1 atom stereocenters. The molecule has 0 heterocycles. The third-order valence-corrected chi connectivity index (χ3v) is 7.16. The van der Waals surface area contributed by atoms with Gasteiger partial charge in [0.05, 0.1) is 12.0 Å². The van der Waals surface area contributed by atoms with E-state index in [1.54, 1.807) is 18.2 Å². The van der Waals surface area contributed by atoms with Gasteiger partial charge in [-0.2, -0.15) is 0 Å². The predicted molar refractivity (Wildman–Crippen MR) is 151 cm³/mol. The molecule has 1 aliphatic rings. The van der Waals surface area contributed by atoms with E-state index in [1.807, 2.05) is 36.4 Å². The number of nitro benzene ring substituents is 1. The number of hydrogen-bond donors (Lipinski definition) is 1. The Kier molecular flexibility index (Phi) is 9.96. The Morgan fingerprint density at radius 3 is 2.45 bits per heavy atom. The van der Waals surface area contributed by atoms with Crippen LogP contribution in [0.2, 0.25) is 5.02 Å². The number of rotatable bonds is 12. The molecule has 2 amide bonds. The van der Waals surface area contributed by atoms with Crippen molar-refractivity contribution in [3.63, 3.8) is 0 Å². The van der Waals surface area contributed by atoms with Crippen LogP contribution in [-0.4, -0.2) is 47.4 Å². The molecule has 210 valence electrons. The quantitative estimate of drug-likeness (QED) is 0.234. The lowest BCUT2D eigenvalue weighted by molar-refractivity contribution is -0.385. The largest absolute Gasteiger partial charge is 0.490 e. The van der Waals surface area contributed by atoms with Gasteiger partial charge in [-0.05, 0) is 42.2 Å². The molecule has 0 aromatic heterocycles. The summed E-state index contributed by atoms with van der Waals surface area (Å²) in [5.74, 6) is -0.389. The number of nitrogens with zero attached hydrogens (tertiary/aromatic N) is 2. The summed E-state index contributed by atoms with van der Waals surface area (Å²) in [6.07, 6.45) is 4.27. The van der Waals surface area contributed by atoms with Gasteiger partial charge in [0.15, 0.2) is 6.61 Å². The second-order valence-corrected chi connectivity index (χ2v) is 10.2. The van der Waals surface area contributed by atoms with Gasteiger partial charge in [-0.3, -0.25) is 19.7 Å². The van der Waals surface area contributed by atoms with Crippen LogP contribution in [0.25, 0.3) is 0 Å². The summed E-state index contributed by atoms with van der Waals surface area (Å²) in [6.45, 7) is -0.245. The van der Waals surface area contributed by atoms with Gasteiger partial charge in [0.2, 0.25) is 11.7 Å². The van der Waals surface area contributed by atoms with E-state index in [4.69, 9.17) is 21.1 Å². The van der Waals surface area contributed by atoms with Crippen molar-refractivity contribution < 1.29 is 24.0 Å². The Labute approximate surface area is 238 Å². The minimum Gasteiger partial charge on any atom is -0.490 e. The number of halogens is 1. The minimum absolute atomic E-state index is 0.0172. The monoisotopic (exact) mass is 565 g/mol. The molecule has 1 aliphatic carbocycles. The average molecular weight is 566 g/mol. The number of hydrogen-bond acceptors (Lipinski definition) is 6. The topological polar surface area (TPSA) is 111 Å². The Morgan fingerprint density at radius 2 is 1.77 bits per heavy atom. The maximum atomic E-state index is 13.8. The lowest BCUT2D eigenvalue weighted by atomic mass is 10.0. The van der Waals surface area contributed by atoms with Gasteiger partial charge in [-0.25, -0.2) is 0 Å². The second kappa shape index (κ2) is 13.8. The highest BCUT2D eigenvalue weighted by Crippen LogP contribution is 2.31. The molecule has 0 radical (unpaired) electrons. The lowest BCUT2D eigenvalue weighted by Gasteiger charge is -2.32. The lowest BCUT2D eigenvalue weighted by Crippen LogP contribution is -2.53. The molecule has 3 aromatic carbocycles. The van der Waals surface area contributed by atoms with E-state index in [-0.39, 0.29) is 42.3 Å². The Bertz CT molecular complexity index is 1330. The Hall–Kier alpha value is -4.11. The molecule has 0 spiro atoms. The highest BCUT2D eigenvalue weighted by atomic mass is 35.5. The van der Waals surface area contributed by atoms with Gasteiger partial charge >= 0.3 is 5.69 Å². The molecule has 1 unspecified atom stereocenters. The summed E-state index contributed by atoms with van der Waals surface area (Å²) in [4.78, 5) is 39.7. The molecular formula is C30H32ClN3O6. The molecule has 40 heavy (non-hydrogen) atoms. The van der Waals surface area contributed by atoms with Crippen LogP contribution in [0, 0.1) is 10.1 Å². The van der Waals surface area contributed by atoms with Crippen molar-refractivity contribution in [2.75, 3.05) is 13.7 Å². The summed E-state index contributed by atoms with van der Waals surface area (Å²) in [5.41, 5.74) is 1.47. The predicted octanol–water partition coefficient (Wildman–Crippen LogP) is 5.33. The van der Waals surface area contributed by atoms with E-state index in [0.717, 1.165) is 36.8 Å². The van der Waals surface area contributed by atoms with Crippen molar-refractivity contribution in [3.8, 4) is 11.5 Å². The average Bonchev–Trinajstić information content (AvgIpc) is 3.47. The highest BCUT2D eigenvalue weighted by Gasteiger charge is 2.32. The maximum absolute atomic E-state index is 13.8. The molecule has 0 saturated heterocycles. The van der Waals surface area contributed by atoms with E-state index < -0.39 is 16.9 Å². The van der Waals surface area contributed by atoms with Crippen molar-refractivity contribution in [2.45, 2.75) is 50.7 Å². The molecule has 9 nitrogen and oxygen atoms in total. The molecule has 0 bridgehead atoms. The molecule has 4 rings (SSSR count). The van der Waals surface area contributed by atoms with Crippen LogP contribution in [0.4, 0.5) is 5.69 Å². The van der Waals surface area contributed by atoms with Crippen LogP contribution in [0.3, 0.4) is 0 Å². The van der Waals surface area contributed by atoms with Crippen molar-refractivity contribution >= 4 is 29.1 Å². The number of methoxy groups -OCH3 is 1. The van der Waals surface area contributed by atoms with Gasteiger partial charge in [0.25, 0.3) is 5.91 Å². The first-order valence-electron chi connectivity index (χ1n) is 13.2. The number of amides is 2. The van der Waals surface area contributed by atoms with Crippen LogP contribution in [0.15, 0.2) is 72.8 Å². The standard InChI is InChI=1S/C30H32ClN3O6/c1-39-28-18-25(14-15-26(28)34(37)38)40-20-29(35)33(19-22-10-7-11-23(31)16-22)27(17-21-8-3-2-4-9-21)30(36)32-24-12-5-6-13-24/h2-4,7-11,14-16,18,24,27H,5-6,12-13,17,19-20H2,1H3,(H,32,36). The SMILES string of the molecule is COc1cc(OCC(=O)N(Cc2cccc(Cl)c2)C(Cc2ccccc2)C(=O)NC2CCCC2)ccc1[N+](=O)[O-]. The number of carbonyl (C=O) groups is 2. The molecule has 1 saturated carbocycles. The summed E-state index contributed by atoms with van der Waals surface area (Å²) >= 11 is 6.23. The third-order valence-electron chi connectivity index (χ3n) is 6.92. The summed E-state index contributed by atoms with van der Waals surface area (Å²) < 4.78 is 10.9. The van der Waals surface area contributed by atoms with Crippen LogP contribution in [0.1, 0.15) is 36.8 Å². The molecular weight excluding hydrogens is 534 g/mol. The third kappa shape index (κ3) is 7.72. The van der Waals surface area contributed by atoms with Gasteiger partial charge in [0.1, 0.15) is 11.8 Å². The van der Waals surface area contributed by atoms with Crippen LogP contribution in [0.5, 0.6) is 11.5 Å². The van der Waals surface area contributed by atoms with E-state index in [0.29, 0.717) is 11.4 Å². The first-order valence-corrected chi connectivity index (χ1v) is 13.5. The number of nitro groups is 1. The Morgan fingerprint density at radius 1 is 1.05 bits per heavy atom. The number of nitrogens with one attached hydrogen (secondary N) is 1. The molecule has 10 heteroatoms. The summed E-state index contributed by atoms with van der Waals surface area (Å²) in [6, 6.07) is 20.0. The van der Waals surface area contributed by atoms with Gasteiger partial charge in [0, 0.05) is 36.2 Å². The van der Waals surface area contributed by atoms with Crippen molar-refractivity contribution in [2.24, 2.45) is 0 Å². The Balaban J connectivity index is 1.61. The summed E-state index contributed by atoms with van der Waals surface area (Å²) in [5, 5.41) is 14.9. The van der Waals surface area contributed by atoms with Crippen LogP contribution < -0.4 is 14.8 Å². The minimum atomic E-state index is -0.801. The number of ether oxygens (including phenoxy) is 2. The number of benzene rings is 3. The molecule has 1 N–H and O–H groups in total. The van der Waals surface area contributed by atoms with E-state index in [1.165, 1.54) is 30.2 Å². The zero-order valence-corrected chi connectivity index (χ0v) is 23.0. The molecule has 1 fully saturated rings. The zero-order valence-electron chi connectivity index (χ0n) is 22.3. The zero-order chi connectivity index (χ0) is 28.5. The maximum Gasteiger partial charge on any atom is 0.311 e. The normalized spacial score (nSPS) is 13.8. The van der Waals surface area contributed by atoms with E-state index >= 15 is 0 Å². The van der Waals surface area contributed by atoms with Crippen LogP contribution in [-0.2, 0) is 22.6 Å². The number of carbonyl (C=O) groups excluding carboxylic acids is 2. The molecule has 0 aliphatic heterocycles. The highest BCUT2D eigenvalue weighted by molar-refractivity contribution is 6.30. The fourth-order valence-electron chi connectivity index (χ4n) is 4.88. The first-order chi connectivity index (χ1) is 19.3. The van der Waals surface area contributed by atoms with Crippen LogP contribution >= 0.6 is 11.6 Å². The fourth-order valence-corrected chi connectivity index (χ4v) is 5.09. The summed E-state index contributed by atoms with van der Waals surface area (Å²) in [7, 11) is 1.32. The van der Waals surface area contributed by atoms with Crippen molar-refractivity contribution in [3.05, 3.63) is 99.1 Å². The molecule has 3 aromatic rings. The first kappa shape index (κ1) is 28.9. The van der Waals surface area contributed by atoms with Gasteiger partial charge in [-0.1, -0.05) is 66.9 Å². The smallest absolute Gasteiger partial charge is 0.311 e. The second-order valence-electron chi connectivity index (χ2n) is 9.73.